The lowest BCUT2D eigenvalue weighted by Gasteiger charge is -2.33. The molecule has 5 heteroatoms. The second kappa shape index (κ2) is 11.4. The highest BCUT2D eigenvalue weighted by Gasteiger charge is 2.23. The fraction of sp³-hybridized carbons (Fsp3) is 0.571. The molecule has 4 nitrogen and oxygen atoms in total. The van der Waals surface area contributed by atoms with Gasteiger partial charge in [0.2, 0.25) is 0 Å². The van der Waals surface area contributed by atoms with E-state index in [1.54, 1.807) is 13.2 Å². The highest BCUT2D eigenvalue weighted by molar-refractivity contribution is 7.46. The fourth-order valence-corrected chi connectivity index (χ4v) is 4.88. The molecule has 0 bridgehead atoms. The molecular formula is C21H34NO3P. The van der Waals surface area contributed by atoms with E-state index >= 15 is 0 Å². The maximum Gasteiger partial charge on any atom is 0.341 e. The largest absolute Gasteiger partial charge is 0.477 e. The van der Waals surface area contributed by atoms with Crippen LogP contribution in [0.2, 0.25) is 0 Å². The lowest BCUT2D eigenvalue weighted by Crippen LogP contribution is -2.33. The van der Waals surface area contributed by atoms with Crippen LogP contribution < -0.4 is 4.52 Å². The Bertz CT molecular complexity index is 638. The summed E-state index contributed by atoms with van der Waals surface area (Å²) in [5.74, 6) is 1.76. The molecule has 1 unspecified atom stereocenters. The van der Waals surface area contributed by atoms with Gasteiger partial charge in [0.25, 0.3) is 0 Å². The van der Waals surface area contributed by atoms with E-state index in [2.05, 4.69) is 37.8 Å². The van der Waals surface area contributed by atoms with E-state index < -0.39 is 13.7 Å². The quantitative estimate of drug-likeness (QED) is 0.656. The number of nitrogens with zero attached hydrogens (tertiary/aromatic N) is 1. The first-order valence-corrected chi connectivity index (χ1v) is 10.8. The van der Waals surface area contributed by atoms with Gasteiger partial charge >= 0.3 is 5.97 Å². The summed E-state index contributed by atoms with van der Waals surface area (Å²) in [5, 5.41) is 9.65. The summed E-state index contributed by atoms with van der Waals surface area (Å²) < 4.78 is 5.31. The molecule has 1 N–H and O–H groups in total. The molecule has 0 aromatic carbocycles. The van der Waals surface area contributed by atoms with Crippen molar-refractivity contribution in [3.63, 3.8) is 0 Å². The van der Waals surface area contributed by atoms with Crippen molar-refractivity contribution in [3.05, 3.63) is 46.0 Å². The molecule has 26 heavy (non-hydrogen) atoms. The lowest BCUT2D eigenvalue weighted by molar-refractivity contribution is 0.0701. The summed E-state index contributed by atoms with van der Waals surface area (Å²) in [5.41, 5.74) is 3.94. The molecule has 1 saturated heterocycles. The number of carboxylic acids is 1. The number of aromatic carboxylic acids is 1. The molecule has 2 rings (SSSR count). The Labute approximate surface area is 159 Å². The van der Waals surface area contributed by atoms with Crippen molar-refractivity contribution in [1.29, 1.82) is 0 Å². The van der Waals surface area contributed by atoms with E-state index in [0.717, 1.165) is 38.0 Å². The van der Waals surface area contributed by atoms with Crippen molar-refractivity contribution in [2.75, 3.05) is 20.2 Å². The van der Waals surface area contributed by atoms with Gasteiger partial charge in [-0.25, -0.2) is 4.79 Å². The summed E-state index contributed by atoms with van der Waals surface area (Å²) >= 11 is 0. The predicted molar refractivity (Wildman–Crippen MR) is 111 cm³/mol. The monoisotopic (exact) mass is 379 g/mol. The molecule has 1 aliphatic rings. The highest BCUT2D eigenvalue weighted by atomic mass is 31.1. The van der Waals surface area contributed by atoms with Crippen LogP contribution in [0.15, 0.2) is 35.2 Å². The van der Waals surface area contributed by atoms with Crippen molar-refractivity contribution >= 4 is 13.7 Å². The Morgan fingerprint density at radius 3 is 2.35 bits per heavy atom. The van der Waals surface area contributed by atoms with Crippen LogP contribution in [0.4, 0.5) is 0 Å². The van der Waals surface area contributed by atoms with E-state index in [1.165, 1.54) is 11.1 Å². The molecule has 1 aromatic rings. The van der Waals surface area contributed by atoms with Gasteiger partial charge in [-0.2, -0.15) is 0 Å². The van der Waals surface area contributed by atoms with Gasteiger partial charge < -0.3 is 9.63 Å². The molecule has 146 valence electrons. The third-order valence-corrected chi connectivity index (χ3v) is 6.65. The second-order valence-corrected chi connectivity index (χ2v) is 8.07. The third kappa shape index (κ3) is 5.84. The van der Waals surface area contributed by atoms with Crippen molar-refractivity contribution < 1.29 is 14.4 Å². The summed E-state index contributed by atoms with van der Waals surface area (Å²) in [6.07, 6.45) is 6.76. The molecule has 0 saturated carbocycles. The molecule has 1 aromatic heterocycles. The van der Waals surface area contributed by atoms with Crippen LogP contribution in [-0.4, -0.2) is 36.2 Å². The maximum atomic E-state index is 11.3. The summed E-state index contributed by atoms with van der Waals surface area (Å²) in [6.45, 7) is 13.3. The molecule has 2 heterocycles. The zero-order valence-electron chi connectivity index (χ0n) is 17.1. The number of hydrogen-bond donors (Lipinski definition) is 1. The Hall–Kier alpha value is -1.35. The highest BCUT2D eigenvalue weighted by Crippen LogP contribution is 2.35. The SMILES string of the molecule is C/C=C(\C(C)=C\C)C1CCN(Cc2cc(C(=O)O)p(OC)c2)CC1.CC. The topological polar surface area (TPSA) is 49.8 Å². The number of likely N-dealkylation sites (tertiary alicyclic amines) is 1. The van der Waals surface area contributed by atoms with E-state index in [-0.39, 0.29) is 0 Å². The van der Waals surface area contributed by atoms with Crippen LogP contribution in [0.25, 0.3) is 0 Å². The average molecular weight is 379 g/mol. The molecule has 0 radical (unpaired) electrons. The van der Waals surface area contributed by atoms with Gasteiger partial charge in [-0.15, -0.1) is 0 Å². The van der Waals surface area contributed by atoms with Gasteiger partial charge in [-0.05, 0) is 75.6 Å². The molecule has 1 fully saturated rings. The number of carbonyl (C=O) groups is 1. The van der Waals surface area contributed by atoms with Crippen LogP contribution in [0.1, 0.15) is 63.1 Å². The first kappa shape index (κ1) is 22.7. The summed E-state index contributed by atoms with van der Waals surface area (Å²) in [7, 11) is 0.491. The zero-order valence-corrected chi connectivity index (χ0v) is 18.0. The van der Waals surface area contributed by atoms with Crippen molar-refractivity contribution in [2.24, 2.45) is 5.92 Å². The molecule has 1 atom stereocenters. The predicted octanol–water partition coefficient (Wildman–Crippen LogP) is 5.58. The van der Waals surface area contributed by atoms with E-state index in [1.807, 2.05) is 19.6 Å². The minimum atomic E-state index is -1.09. The molecular weight excluding hydrogens is 345 g/mol. The first-order valence-electron chi connectivity index (χ1n) is 9.51. The van der Waals surface area contributed by atoms with Gasteiger partial charge in [0.05, 0.1) is 0 Å². The molecule has 0 aliphatic carbocycles. The van der Waals surface area contributed by atoms with Crippen LogP contribution in [0.3, 0.4) is 0 Å². The van der Waals surface area contributed by atoms with E-state index in [4.69, 9.17) is 4.52 Å². The zero-order chi connectivity index (χ0) is 19.7. The first-order chi connectivity index (χ1) is 12.5. The lowest BCUT2D eigenvalue weighted by atomic mass is 9.85. The van der Waals surface area contributed by atoms with Crippen LogP contribution in [0, 0.1) is 5.92 Å². The van der Waals surface area contributed by atoms with Gasteiger partial charge in [0, 0.05) is 21.4 Å². The number of carboxylic acid groups (broad SMARTS) is 1. The van der Waals surface area contributed by atoms with Crippen LogP contribution in [0.5, 0.6) is 0 Å². The third-order valence-electron chi connectivity index (χ3n) is 4.89. The fourth-order valence-electron chi connectivity index (χ4n) is 3.50. The average Bonchev–Trinajstić information content (AvgIpc) is 3.08. The standard InChI is InChI=1S/C19H28NO3P.C2H6/c1-5-14(3)17(6-2)16-7-9-20(10-8-16)12-15-11-18(19(21)22)24(13-15)23-4;1-2/h5-6,11,13,16H,7-10,12H2,1-4H3,(H,21,22);1-2H3/b14-5+,17-6+;. The van der Waals surface area contributed by atoms with Gasteiger partial charge in [0.1, 0.15) is 5.30 Å². The number of allylic oxidation sites excluding steroid dienone is 4. The minimum Gasteiger partial charge on any atom is -0.477 e. The molecule has 0 spiro atoms. The summed E-state index contributed by atoms with van der Waals surface area (Å²) in [4.78, 5) is 13.7. The Balaban J connectivity index is 0.00000163. The molecule has 0 amide bonds. The van der Waals surface area contributed by atoms with Crippen molar-refractivity contribution in [1.82, 2.24) is 4.90 Å². The van der Waals surface area contributed by atoms with Gasteiger partial charge in [-0.3, -0.25) is 4.90 Å². The summed E-state index contributed by atoms with van der Waals surface area (Å²) in [6, 6.07) is 1.80. The smallest absolute Gasteiger partial charge is 0.341 e. The van der Waals surface area contributed by atoms with Gasteiger partial charge in [0.15, 0.2) is 0 Å². The number of piperidine rings is 1. The normalized spacial score (nSPS) is 17.7. The van der Waals surface area contributed by atoms with Gasteiger partial charge in [-0.1, -0.05) is 31.6 Å². The van der Waals surface area contributed by atoms with Crippen molar-refractivity contribution in [2.45, 2.75) is 54.0 Å². The van der Waals surface area contributed by atoms with Crippen LogP contribution in [-0.2, 0) is 6.54 Å². The Morgan fingerprint density at radius 1 is 1.31 bits per heavy atom. The van der Waals surface area contributed by atoms with E-state index in [0.29, 0.717) is 11.2 Å². The number of rotatable bonds is 6. The second-order valence-electron chi connectivity index (χ2n) is 6.31. The molecule has 1 aliphatic heterocycles. The number of hydrogen-bond acceptors (Lipinski definition) is 3. The van der Waals surface area contributed by atoms with Crippen molar-refractivity contribution in [3.8, 4) is 0 Å². The van der Waals surface area contributed by atoms with E-state index in [9.17, 15) is 9.90 Å². The Kier molecular flexibility index (Phi) is 9.93. The minimum absolute atomic E-state index is 0.400. The van der Waals surface area contributed by atoms with Crippen LogP contribution >= 0.6 is 7.76 Å². The maximum absolute atomic E-state index is 11.3. The Morgan fingerprint density at radius 2 is 1.92 bits per heavy atom.